The third kappa shape index (κ3) is 3.25. The van der Waals surface area contributed by atoms with Gasteiger partial charge in [0.15, 0.2) is 0 Å². The van der Waals surface area contributed by atoms with Crippen molar-refractivity contribution in [3.05, 3.63) is 72.8 Å². The Balaban J connectivity index is 1.62. The molecule has 0 fully saturated rings. The minimum atomic E-state index is 0.673. The van der Waals surface area contributed by atoms with Crippen LogP contribution in [-0.4, -0.2) is 15.0 Å². The molecule has 0 saturated heterocycles. The number of nitrogen functional groups attached to an aromatic ring is 1. The Labute approximate surface area is 150 Å². The molecule has 0 saturated carbocycles. The minimum absolute atomic E-state index is 0.673. The molecule has 4 aromatic rings. The van der Waals surface area contributed by atoms with Crippen molar-refractivity contribution in [2.24, 2.45) is 0 Å². The van der Waals surface area contributed by atoms with Crippen molar-refractivity contribution in [1.82, 2.24) is 15.0 Å². The fraction of sp³-hybridized carbons (Fsp3) is 0.0500. The van der Waals surface area contributed by atoms with E-state index in [2.05, 4.69) is 20.3 Å². The number of pyridine rings is 1. The molecule has 26 heavy (non-hydrogen) atoms. The molecule has 2 aromatic heterocycles. The summed E-state index contributed by atoms with van der Waals surface area (Å²) in [6, 6.07) is 15.2. The van der Waals surface area contributed by atoms with Crippen LogP contribution in [0.5, 0.6) is 11.5 Å². The Kier molecular flexibility index (Phi) is 4.07. The second kappa shape index (κ2) is 6.68. The van der Waals surface area contributed by atoms with E-state index in [1.165, 1.54) is 6.33 Å². The van der Waals surface area contributed by atoms with Gasteiger partial charge in [0.1, 0.15) is 23.6 Å². The number of hydrogen-bond acceptors (Lipinski definition) is 6. The van der Waals surface area contributed by atoms with E-state index in [1.807, 2.05) is 55.5 Å². The van der Waals surface area contributed by atoms with Crippen molar-refractivity contribution >= 4 is 28.1 Å². The first-order valence-corrected chi connectivity index (χ1v) is 8.15. The van der Waals surface area contributed by atoms with Crippen LogP contribution >= 0.6 is 0 Å². The summed E-state index contributed by atoms with van der Waals surface area (Å²) < 4.78 is 5.87. The van der Waals surface area contributed by atoms with Gasteiger partial charge in [0.05, 0.1) is 11.7 Å². The van der Waals surface area contributed by atoms with Gasteiger partial charge >= 0.3 is 0 Å². The van der Waals surface area contributed by atoms with Crippen LogP contribution < -0.4 is 15.8 Å². The first-order valence-electron chi connectivity index (χ1n) is 8.15. The van der Waals surface area contributed by atoms with Crippen LogP contribution in [-0.2, 0) is 0 Å². The maximum Gasteiger partial charge on any atom is 0.145 e. The van der Waals surface area contributed by atoms with Crippen LogP contribution in [0.25, 0.3) is 10.9 Å². The summed E-state index contributed by atoms with van der Waals surface area (Å²) in [5.74, 6) is 2.19. The first kappa shape index (κ1) is 15.8. The second-order valence-corrected chi connectivity index (χ2v) is 5.89. The molecule has 3 N–H and O–H groups in total. The monoisotopic (exact) mass is 343 g/mol. The normalized spacial score (nSPS) is 10.7. The fourth-order valence-electron chi connectivity index (χ4n) is 2.69. The number of ether oxygens (including phenoxy) is 1. The van der Waals surface area contributed by atoms with Gasteiger partial charge in [0.2, 0.25) is 0 Å². The van der Waals surface area contributed by atoms with Crippen LogP contribution in [0, 0.1) is 6.92 Å². The largest absolute Gasteiger partial charge is 0.455 e. The third-order valence-electron chi connectivity index (χ3n) is 3.96. The van der Waals surface area contributed by atoms with E-state index in [9.17, 15) is 0 Å². The SMILES string of the molecule is Cc1cc(Nc2ncnc3ccc(N)cc23)ccc1Oc1cccnc1. The maximum absolute atomic E-state index is 5.90. The number of aromatic nitrogens is 3. The standard InChI is InChI=1S/C20H17N5O/c1-13-9-15(5-7-19(13)26-16-3-2-8-22-11-16)25-20-17-10-14(21)4-6-18(17)23-12-24-20/h2-12H,21H2,1H3,(H,23,24,25). The Bertz CT molecular complexity index is 1070. The molecule has 0 radical (unpaired) electrons. The second-order valence-electron chi connectivity index (χ2n) is 5.89. The summed E-state index contributed by atoms with van der Waals surface area (Å²) in [7, 11) is 0. The molecule has 0 spiro atoms. The number of fused-ring (bicyclic) bond motifs is 1. The highest BCUT2D eigenvalue weighted by Gasteiger charge is 2.07. The summed E-state index contributed by atoms with van der Waals surface area (Å²) in [5.41, 5.74) is 9.31. The van der Waals surface area contributed by atoms with Gasteiger partial charge in [-0.1, -0.05) is 0 Å². The van der Waals surface area contributed by atoms with Gasteiger partial charge in [-0.15, -0.1) is 0 Å². The molecule has 0 aliphatic heterocycles. The lowest BCUT2D eigenvalue weighted by atomic mass is 10.2. The number of aryl methyl sites for hydroxylation is 1. The zero-order chi connectivity index (χ0) is 17.9. The molecular weight excluding hydrogens is 326 g/mol. The highest BCUT2D eigenvalue weighted by Crippen LogP contribution is 2.29. The summed E-state index contributed by atoms with van der Waals surface area (Å²) in [6.07, 6.45) is 4.93. The number of nitrogens with two attached hydrogens (primary N) is 1. The van der Waals surface area contributed by atoms with E-state index in [0.717, 1.165) is 27.9 Å². The number of nitrogens with zero attached hydrogens (tertiary/aromatic N) is 3. The quantitative estimate of drug-likeness (QED) is 0.532. The van der Waals surface area contributed by atoms with Crippen LogP contribution in [0.3, 0.4) is 0 Å². The van der Waals surface area contributed by atoms with Gasteiger partial charge in [-0.25, -0.2) is 9.97 Å². The maximum atomic E-state index is 5.90. The lowest BCUT2D eigenvalue weighted by Gasteiger charge is -2.12. The van der Waals surface area contributed by atoms with Crippen molar-refractivity contribution < 1.29 is 4.74 Å². The molecule has 2 aromatic carbocycles. The number of nitrogens with one attached hydrogen (secondary N) is 1. The number of anilines is 3. The van der Waals surface area contributed by atoms with Crippen LogP contribution in [0.15, 0.2) is 67.3 Å². The van der Waals surface area contributed by atoms with Gasteiger partial charge in [-0.2, -0.15) is 0 Å². The van der Waals surface area contributed by atoms with Gasteiger partial charge < -0.3 is 15.8 Å². The Morgan fingerprint density at radius 3 is 2.77 bits per heavy atom. The van der Waals surface area contributed by atoms with E-state index in [1.54, 1.807) is 12.4 Å². The zero-order valence-electron chi connectivity index (χ0n) is 14.2. The van der Waals surface area contributed by atoms with E-state index in [-0.39, 0.29) is 0 Å². The summed E-state index contributed by atoms with van der Waals surface area (Å²) >= 11 is 0. The predicted octanol–water partition coefficient (Wildman–Crippen LogP) is 4.45. The molecule has 0 amide bonds. The molecule has 2 heterocycles. The summed E-state index contributed by atoms with van der Waals surface area (Å²) in [4.78, 5) is 12.7. The minimum Gasteiger partial charge on any atom is -0.455 e. The van der Waals surface area contributed by atoms with Crippen molar-refractivity contribution in [2.45, 2.75) is 6.92 Å². The first-order chi connectivity index (χ1) is 12.7. The van der Waals surface area contributed by atoms with Gasteiger partial charge in [-0.3, -0.25) is 4.98 Å². The average molecular weight is 343 g/mol. The Morgan fingerprint density at radius 2 is 1.96 bits per heavy atom. The summed E-state index contributed by atoms with van der Waals surface area (Å²) in [5, 5.41) is 4.21. The van der Waals surface area contributed by atoms with E-state index in [4.69, 9.17) is 10.5 Å². The molecule has 0 bridgehead atoms. The molecule has 6 heteroatoms. The van der Waals surface area contributed by atoms with Crippen molar-refractivity contribution in [2.75, 3.05) is 11.1 Å². The molecule has 0 aliphatic carbocycles. The van der Waals surface area contributed by atoms with Crippen LogP contribution in [0.1, 0.15) is 5.56 Å². The molecule has 0 atom stereocenters. The molecule has 0 aliphatic rings. The number of benzene rings is 2. The predicted molar refractivity (Wildman–Crippen MR) is 103 cm³/mol. The number of hydrogen-bond donors (Lipinski definition) is 2. The van der Waals surface area contributed by atoms with Crippen LogP contribution in [0.4, 0.5) is 17.2 Å². The zero-order valence-corrected chi connectivity index (χ0v) is 14.2. The van der Waals surface area contributed by atoms with Gasteiger partial charge in [0.25, 0.3) is 0 Å². The Hall–Kier alpha value is -3.67. The van der Waals surface area contributed by atoms with Crippen molar-refractivity contribution in [1.29, 1.82) is 0 Å². The summed E-state index contributed by atoms with van der Waals surface area (Å²) in [6.45, 7) is 1.99. The highest BCUT2D eigenvalue weighted by atomic mass is 16.5. The molecule has 128 valence electrons. The molecule has 4 rings (SSSR count). The highest BCUT2D eigenvalue weighted by molar-refractivity contribution is 5.92. The van der Waals surface area contributed by atoms with Crippen molar-refractivity contribution in [3.8, 4) is 11.5 Å². The smallest absolute Gasteiger partial charge is 0.145 e. The van der Waals surface area contributed by atoms with Gasteiger partial charge in [0, 0.05) is 23.0 Å². The lowest BCUT2D eigenvalue weighted by Crippen LogP contribution is -1.98. The van der Waals surface area contributed by atoms with Gasteiger partial charge in [-0.05, 0) is 61.0 Å². The van der Waals surface area contributed by atoms with E-state index < -0.39 is 0 Å². The lowest BCUT2D eigenvalue weighted by molar-refractivity contribution is 0.476. The van der Waals surface area contributed by atoms with Crippen molar-refractivity contribution in [3.63, 3.8) is 0 Å². The topological polar surface area (TPSA) is 86.0 Å². The Morgan fingerprint density at radius 1 is 1.04 bits per heavy atom. The van der Waals surface area contributed by atoms with Crippen LogP contribution in [0.2, 0.25) is 0 Å². The molecule has 0 unspecified atom stereocenters. The molecular formula is C20H17N5O. The molecule has 6 nitrogen and oxygen atoms in total. The average Bonchev–Trinajstić information content (AvgIpc) is 2.65. The fourth-order valence-corrected chi connectivity index (χ4v) is 2.69. The van der Waals surface area contributed by atoms with E-state index >= 15 is 0 Å². The van der Waals surface area contributed by atoms with E-state index in [0.29, 0.717) is 17.3 Å². The third-order valence-corrected chi connectivity index (χ3v) is 3.96. The number of rotatable bonds is 4.